The Morgan fingerprint density at radius 3 is 2.64 bits per heavy atom. The Kier molecular flexibility index (Phi) is 3.84. The maximum absolute atomic E-state index is 12.6. The summed E-state index contributed by atoms with van der Waals surface area (Å²) >= 11 is 0. The van der Waals surface area contributed by atoms with E-state index in [0.29, 0.717) is 12.1 Å². The molecule has 0 aliphatic carbocycles. The average molecular weight is 296 g/mol. The van der Waals surface area contributed by atoms with Gasteiger partial charge in [-0.3, -0.25) is 9.78 Å². The zero-order valence-electron chi connectivity index (χ0n) is 13.2. The van der Waals surface area contributed by atoms with Crippen molar-refractivity contribution in [1.82, 2.24) is 9.88 Å². The van der Waals surface area contributed by atoms with E-state index in [2.05, 4.69) is 11.1 Å². The summed E-state index contributed by atoms with van der Waals surface area (Å²) in [7, 11) is 1.82. The molecular formula is C18H20N2O2. The Morgan fingerprint density at radius 2 is 1.95 bits per heavy atom. The highest BCUT2D eigenvalue weighted by atomic mass is 16.5. The Bertz CT molecular complexity index is 667. The van der Waals surface area contributed by atoms with Crippen LogP contribution in [0.25, 0.3) is 0 Å². The molecule has 0 saturated carbocycles. The topological polar surface area (TPSA) is 42.4 Å². The number of nitrogens with zero attached hydrogens (tertiary/aromatic N) is 2. The summed E-state index contributed by atoms with van der Waals surface area (Å²) in [5.41, 5.74) is 3.62. The molecule has 0 N–H and O–H groups in total. The number of para-hydroxylation sites is 1. The summed E-state index contributed by atoms with van der Waals surface area (Å²) in [5.74, 6) is 0.942. The molecule has 4 nitrogen and oxygen atoms in total. The molecule has 1 aromatic carbocycles. The molecule has 22 heavy (non-hydrogen) atoms. The lowest BCUT2D eigenvalue weighted by Gasteiger charge is -2.21. The van der Waals surface area contributed by atoms with Crippen molar-refractivity contribution < 1.29 is 9.53 Å². The summed E-state index contributed by atoms with van der Waals surface area (Å²) in [6.45, 7) is 4.38. The smallest absolute Gasteiger partial charge is 0.253 e. The SMILES string of the molecule is Cc1cc(C(=O)N(C)CC2Cc3ccccc3O2)cc(C)n1. The highest BCUT2D eigenvalue weighted by Gasteiger charge is 2.25. The monoisotopic (exact) mass is 296 g/mol. The van der Waals surface area contributed by atoms with Gasteiger partial charge >= 0.3 is 0 Å². The zero-order chi connectivity index (χ0) is 15.7. The van der Waals surface area contributed by atoms with Crippen molar-refractivity contribution in [3.8, 4) is 5.75 Å². The molecule has 2 aromatic rings. The van der Waals surface area contributed by atoms with E-state index >= 15 is 0 Å². The summed E-state index contributed by atoms with van der Waals surface area (Å²) < 4.78 is 5.90. The molecule has 1 aliphatic rings. The number of amides is 1. The van der Waals surface area contributed by atoms with Gasteiger partial charge in [-0.15, -0.1) is 0 Å². The average Bonchev–Trinajstić information content (AvgIpc) is 2.87. The van der Waals surface area contributed by atoms with Crippen LogP contribution in [0.5, 0.6) is 5.75 Å². The molecule has 3 rings (SSSR count). The molecule has 1 aliphatic heterocycles. The molecule has 2 heterocycles. The minimum absolute atomic E-state index is 0.00755. The first kappa shape index (κ1) is 14.6. The van der Waals surface area contributed by atoms with Crippen molar-refractivity contribution in [1.29, 1.82) is 0 Å². The quantitative estimate of drug-likeness (QED) is 0.874. The minimum Gasteiger partial charge on any atom is -0.488 e. The van der Waals surface area contributed by atoms with Gasteiger partial charge in [0, 0.05) is 30.4 Å². The second-order valence-corrected chi connectivity index (χ2v) is 5.88. The fourth-order valence-corrected chi connectivity index (χ4v) is 2.92. The van der Waals surface area contributed by atoms with E-state index in [4.69, 9.17) is 4.74 Å². The van der Waals surface area contributed by atoms with Gasteiger partial charge in [-0.05, 0) is 37.6 Å². The van der Waals surface area contributed by atoms with Crippen LogP contribution in [0.15, 0.2) is 36.4 Å². The molecule has 1 unspecified atom stereocenters. The molecule has 4 heteroatoms. The van der Waals surface area contributed by atoms with Crippen LogP contribution in [-0.2, 0) is 6.42 Å². The van der Waals surface area contributed by atoms with Crippen molar-refractivity contribution in [3.05, 3.63) is 58.9 Å². The first-order chi connectivity index (χ1) is 10.5. The standard InChI is InChI=1S/C18H20N2O2/c1-12-8-15(9-13(2)19-12)18(21)20(3)11-16-10-14-6-4-5-7-17(14)22-16/h4-9,16H,10-11H2,1-3H3. The molecule has 1 atom stereocenters. The summed E-state index contributed by atoms with van der Waals surface area (Å²) in [5, 5.41) is 0. The molecule has 1 amide bonds. The van der Waals surface area contributed by atoms with Gasteiger partial charge in [0.25, 0.3) is 5.91 Å². The van der Waals surface area contributed by atoms with E-state index in [1.807, 2.05) is 51.2 Å². The predicted octanol–water partition coefficient (Wildman–Crippen LogP) is 2.77. The molecular weight excluding hydrogens is 276 g/mol. The van der Waals surface area contributed by atoms with Crippen molar-refractivity contribution >= 4 is 5.91 Å². The highest BCUT2D eigenvalue weighted by molar-refractivity contribution is 5.94. The lowest BCUT2D eigenvalue weighted by atomic mass is 10.1. The summed E-state index contributed by atoms with van der Waals surface area (Å²) in [6, 6.07) is 11.7. The summed E-state index contributed by atoms with van der Waals surface area (Å²) in [4.78, 5) is 18.6. The van der Waals surface area contributed by atoms with E-state index < -0.39 is 0 Å². The third kappa shape index (κ3) is 2.96. The number of carbonyl (C=O) groups excluding carboxylic acids is 1. The van der Waals surface area contributed by atoms with E-state index in [1.165, 1.54) is 5.56 Å². The van der Waals surface area contributed by atoms with Crippen LogP contribution in [0.3, 0.4) is 0 Å². The largest absolute Gasteiger partial charge is 0.488 e. The Hall–Kier alpha value is -2.36. The van der Waals surface area contributed by atoms with E-state index in [9.17, 15) is 4.79 Å². The number of benzene rings is 1. The third-order valence-corrected chi connectivity index (χ3v) is 3.87. The first-order valence-corrected chi connectivity index (χ1v) is 7.48. The van der Waals surface area contributed by atoms with Gasteiger partial charge in [-0.1, -0.05) is 18.2 Å². The fraction of sp³-hybridized carbons (Fsp3) is 0.333. The van der Waals surface area contributed by atoms with Crippen molar-refractivity contribution in [2.45, 2.75) is 26.4 Å². The number of likely N-dealkylation sites (N-methyl/N-ethyl adjacent to an activating group) is 1. The highest BCUT2D eigenvalue weighted by Crippen LogP contribution is 2.28. The van der Waals surface area contributed by atoms with Gasteiger partial charge in [-0.25, -0.2) is 0 Å². The maximum Gasteiger partial charge on any atom is 0.253 e. The zero-order valence-corrected chi connectivity index (χ0v) is 13.2. The van der Waals surface area contributed by atoms with Crippen molar-refractivity contribution in [3.63, 3.8) is 0 Å². The van der Waals surface area contributed by atoms with Gasteiger partial charge in [0.2, 0.25) is 0 Å². The number of fused-ring (bicyclic) bond motifs is 1. The maximum atomic E-state index is 12.6. The molecule has 0 saturated heterocycles. The molecule has 0 fully saturated rings. The fourth-order valence-electron chi connectivity index (χ4n) is 2.92. The second kappa shape index (κ2) is 5.79. The lowest BCUT2D eigenvalue weighted by Crippen LogP contribution is -2.36. The van der Waals surface area contributed by atoms with Gasteiger partial charge < -0.3 is 9.64 Å². The first-order valence-electron chi connectivity index (χ1n) is 7.48. The number of ether oxygens (including phenoxy) is 1. The van der Waals surface area contributed by atoms with Crippen LogP contribution in [-0.4, -0.2) is 35.5 Å². The van der Waals surface area contributed by atoms with E-state index in [-0.39, 0.29) is 12.0 Å². The lowest BCUT2D eigenvalue weighted by molar-refractivity contribution is 0.0730. The minimum atomic E-state index is 0.00755. The third-order valence-electron chi connectivity index (χ3n) is 3.87. The van der Waals surface area contributed by atoms with Crippen molar-refractivity contribution in [2.24, 2.45) is 0 Å². The number of aryl methyl sites for hydroxylation is 2. The number of rotatable bonds is 3. The van der Waals surface area contributed by atoms with Crippen LogP contribution < -0.4 is 4.74 Å². The summed E-state index contributed by atoms with van der Waals surface area (Å²) in [6.07, 6.45) is 0.873. The van der Waals surface area contributed by atoms with Gasteiger partial charge in [0.1, 0.15) is 11.9 Å². The molecule has 0 spiro atoms. The number of pyridine rings is 1. The van der Waals surface area contributed by atoms with Gasteiger partial charge in [0.05, 0.1) is 6.54 Å². The normalized spacial score (nSPS) is 16.0. The molecule has 0 radical (unpaired) electrons. The number of carbonyl (C=O) groups is 1. The number of hydrogen-bond acceptors (Lipinski definition) is 3. The number of aromatic nitrogens is 1. The van der Waals surface area contributed by atoms with E-state index in [0.717, 1.165) is 23.6 Å². The van der Waals surface area contributed by atoms with Crippen LogP contribution in [0.2, 0.25) is 0 Å². The van der Waals surface area contributed by atoms with Crippen molar-refractivity contribution in [2.75, 3.05) is 13.6 Å². The Morgan fingerprint density at radius 1 is 1.27 bits per heavy atom. The molecule has 114 valence electrons. The number of hydrogen-bond donors (Lipinski definition) is 0. The van der Waals surface area contributed by atoms with Gasteiger partial charge in [0.15, 0.2) is 0 Å². The second-order valence-electron chi connectivity index (χ2n) is 5.88. The van der Waals surface area contributed by atoms with Crippen LogP contribution in [0.4, 0.5) is 0 Å². The van der Waals surface area contributed by atoms with E-state index in [1.54, 1.807) is 4.90 Å². The molecule has 0 bridgehead atoms. The Labute approximate surface area is 130 Å². The van der Waals surface area contributed by atoms with Gasteiger partial charge in [-0.2, -0.15) is 0 Å². The van der Waals surface area contributed by atoms with Crippen LogP contribution in [0.1, 0.15) is 27.3 Å². The predicted molar refractivity (Wildman–Crippen MR) is 85.2 cm³/mol. The molecule has 1 aromatic heterocycles. The van der Waals surface area contributed by atoms with Crippen LogP contribution in [0, 0.1) is 13.8 Å². The van der Waals surface area contributed by atoms with Crippen LogP contribution >= 0.6 is 0 Å². The Balaban J connectivity index is 1.68.